The summed E-state index contributed by atoms with van der Waals surface area (Å²) >= 11 is 0. The van der Waals surface area contributed by atoms with Gasteiger partial charge >= 0.3 is 6.03 Å². The second-order valence-corrected chi connectivity index (χ2v) is 6.95. The van der Waals surface area contributed by atoms with Crippen molar-refractivity contribution >= 4 is 17.8 Å². The Morgan fingerprint density at radius 3 is 2.89 bits per heavy atom. The number of hydrogen-bond acceptors (Lipinski definition) is 5. The normalized spacial score (nSPS) is 19.8. The van der Waals surface area contributed by atoms with Crippen molar-refractivity contribution in [2.24, 2.45) is 7.05 Å². The smallest absolute Gasteiger partial charge is 0.324 e. The van der Waals surface area contributed by atoms with Gasteiger partial charge in [0.05, 0.1) is 13.1 Å². The molecule has 2 fully saturated rings. The Bertz CT molecular complexity index is 908. The molecule has 1 unspecified atom stereocenters. The molecule has 0 saturated carbocycles. The van der Waals surface area contributed by atoms with E-state index >= 15 is 0 Å². The molecule has 2 saturated heterocycles. The number of urea groups is 1. The first-order valence-corrected chi connectivity index (χ1v) is 9.20. The second-order valence-electron chi connectivity index (χ2n) is 6.95. The summed E-state index contributed by atoms with van der Waals surface area (Å²) in [4.78, 5) is 44.2. The largest absolute Gasteiger partial charge is 0.336 e. The first-order chi connectivity index (χ1) is 13.5. The number of aryl methyl sites for hydroxylation is 1. The summed E-state index contributed by atoms with van der Waals surface area (Å²) in [7, 11) is 1.92. The van der Waals surface area contributed by atoms with E-state index in [0.717, 1.165) is 22.8 Å². The molecule has 1 aromatic carbocycles. The third kappa shape index (κ3) is 3.36. The molecule has 0 bridgehead atoms. The molecule has 2 N–H and O–H groups in total. The van der Waals surface area contributed by atoms with E-state index in [0.29, 0.717) is 18.7 Å². The fraction of sp³-hybridized carbons (Fsp3) is 0.368. The average Bonchev–Trinajstić information content (AvgIpc) is 3.28. The predicted molar refractivity (Wildman–Crippen MR) is 100 cm³/mol. The summed E-state index contributed by atoms with van der Waals surface area (Å²) in [6.45, 7) is 2.10. The Kier molecular flexibility index (Phi) is 4.82. The molecule has 1 atom stereocenters. The standard InChI is InChI=1S/C19H22N6O3/c1-23-7-6-21-17(23)15-10-20-5-8-24(15)18(27)14-4-2-3-13(9-14)12-25-16(26)11-22-19(25)28/h2-4,6-7,9,15,20H,5,8,10-12H2,1H3,(H,22,28). The molecule has 3 heterocycles. The van der Waals surface area contributed by atoms with Crippen LogP contribution in [-0.2, 0) is 18.4 Å². The highest BCUT2D eigenvalue weighted by atomic mass is 16.2. The summed E-state index contributed by atoms with van der Waals surface area (Å²) in [5.74, 6) is 0.475. The van der Waals surface area contributed by atoms with Crippen LogP contribution in [0.3, 0.4) is 0 Å². The Morgan fingerprint density at radius 2 is 2.18 bits per heavy atom. The molecule has 2 aliphatic rings. The molecule has 2 aliphatic heterocycles. The minimum Gasteiger partial charge on any atom is -0.336 e. The highest BCUT2D eigenvalue weighted by Crippen LogP contribution is 2.23. The minimum absolute atomic E-state index is 0.0174. The van der Waals surface area contributed by atoms with Gasteiger partial charge in [-0.1, -0.05) is 12.1 Å². The van der Waals surface area contributed by atoms with E-state index in [1.165, 1.54) is 0 Å². The maximum Gasteiger partial charge on any atom is 0.324 e. The lowest BCUT2D eigenvalue weighted by Crippen LogP contribution is -2.49. The summed E-state index contributed by atoms with van der Waals surface area (Å²) < 4.78 is 1.92. The van der Waals surface area contributed by atoms with Crippen molar-refractivity contribution in [3.63, 3.8) is 0 Å². The molecule has 146 valence electrons. The van der Waals surface area contributed by atoms with Crippen LogP contribution in [0.4, 0.5) is 4.79 Å². The quantitative estimate of drug-likeness (QED) is 0.739. The van der Waals surface area contributed by atoms with Crippen molar-refractivity contribution in [1.29, 1.82) is 0 Å². The zero-order valence-corrected chi connectivity index (χ0v) is 15.6. The van der Waals surface area contributed by atoms with Gasteiger partial charge in [-0.3, -0.25) is 14.5 Å². The SMILES string of the molecule is Cn1ccnc1C1CNCCN1C(=O)c1cccc(CN2C(=O)CNC2=O)c1. The average molecular weight is 382 g/mol. The van der Waals surface area contributed by atoms with Gasteiger partial charge in [0.2, 0.25) is 5.91 Å². The van der Waals surface area contributed by atoms with Gasteiger partial charge in [-0.15, -0.1) is 0 Å². The summed E-state index contributed by atoms with van der Waals surface area (Å²) in [6, 6.07) is 6.53. The zero-order valence-electron chi connectivity index (χ0n) is 15.6. The van der Waals surface area contributed by atoms with Crippen molar-refractivity contribution in [3.8, 4) is 0 Å². The van der Waals surface area contributed by atoms with Crippen molar-refractivity contribution < 1.29 is 14.4 Å². The third-order valence-electron chi connectivity index (χ3n) is 5.11. The number of hydrogen-bond donors (Lipinski definition) is 2. The highest BCUT2D eigenvalue weighted by molar-refractivity contribution is 6.02. The zero-order chi connectivity index (χ0) is 19.7. The van der Waals surface area contributed by atoms with Gasteiger partial charge in [0.15, 0.2) is 0 Å². The molecule has 4 rings (SSSR count). The van der Waals surface area contributed by atoms with E-state index in [4.69, 9.17) is 0 Å². The van der Waals surface area contributed by atoms with E-state index in [2.05, 4.69) is 15.6 Å². The first-order valence-electron chi connectivity index (χ1n) is 9.20. The predicted octanol–water partition coefficient (Wildman–Crippen LogP) is 0.259. The maximum atomic E-state index is 13.2. The molecular formula is C19H22N6O3. The number of benzene rings is 1. The van der Waals surface area contributed by atoms with Crippen LogP contribution in [0.2, 0.25) is 0 Å². The van der Waals surface area contributed by atoms with Crippen LogP contribution >= 0.6 is 0 Å². The van der Waals surface area contributed by atoms with Gasteiger partial charge in [-0.25, -0.2) is 9.78 Å². The number of nitrogens with zero attached hydrogens (tertiary/aromatic N) is 4. The monoisotopic (exact) mass is 382 g/mol. The number of imidazole rings is 1. The van der Waals surface area contributed by atoms with E-state index < -0.39 is 6.03 Å². The van der Waals surface area contributed by atoms with Crippen LogP contribution in [0.5, 0.6) is 0 Å². The molecule has 0 radical (unpaired) electrons. The number of rotatable bonds is 4. The van der Waals surface area contributed by atoms with Crippen LogP contribution in [0, 0.1) is 0 Å². The van der Waals surface area contributed by atoms with Gasteiger partial charge in [0, 0.05) is 44.6 Å². The summed E-state index contributed by atoms with van der Waals surface area (Å²) in [6.07, 6.45) is 3.59. The molecule has 2 aromatic rings. The Hall–Kier alpha value is -3.20. The van der Waals surface area contributed by atoms with Crippen molar-refractivity contribution in [1.82, 2.24) is 30.0 Å². The molecule has 28 heavy (non-hydrogen) atoms. The summed E-state index contributed by atoms with van der Waals surface area (Å²) in [5.41, 5.74) is 1.27. The molecule has 0 spiro atoms. The molecule has 0 aliphatic carbocycles. The number of amides is 4. The maximum absolute atomic E-state index is 13.2. The number of piperazine rings is 1. The van der Waals surface area contributed by atoms with E-state index in [9.17, 15) is 14.4 Å². The fourth-order valence-corrected chi connectivity index (χ4v) is 3.64. The van der Waals surface area contributed by atoms with Crippen LogP contribution < -0.4 is 10.6 Å². The van der Waals surface area contributed by atoms with Crippen molar-refractivity contribution in [2.75, 3.05) is 26.2 Å². The number of imide groups is 1. The Balaban J connectivity index is 1.56. The van der Waals surface area contributed by atoms with Gasteiger partial charge < -0.3 is 20.1 Å². The van der Waals surface area contributed by atoms with E-state index in [1.54, 1.807) is 24.4 Å². The molecule has 9 heteroatoms. The Labute approximate surface area is 162 Å². The second kappa shape index (κ2) is 7.43. The van der Waals surface area contributed by atoms with E-state index in [-0.39, 0.29) is 30.9 Å². The minimum atomic E-state index is -0.404. The van der Waals surface area contributed by atoms with Crippen molar-refractivity contribution in [2.45, 2.75) is 12.6 Å². The molecule has 1 aromatic heterocycles. The topological polar surface area (TPSA) is 99.6 Å². The van der Waals surface area contributed by atoms with Crippen molar-refractivity contribution in [3.05, 3.63) is 53.6 Å². The lowest BCUT2D eigenvalue weighted by molar-refractivity contribution is -0.125. The molecule has 4 amide bonds. The van der Waals surface area contributed by atoms with Gasteiger partial charge in [-0.05, 0) is 17.7 Å². The number of carbonyl (C=O) groups is 3. The first kappa shape index (κ1) is 18.2. The Morgan fingerprint density at radius 1 is 1.32 bits per heavy atom. The highest BCUT2D eigenvalue weighted by Gasteiger charge is 2.32. The lowest BCUT2D eigenvalue weighted by atomic mass is 10.1. The van der Waals surface area contributed by atoms with Crippen LogP contribution in [0.1, 0.15) is 27.8 Å². The molecule has 9 nitrogen and oxygen atoms in total. The van der Waals surface area contributed by atoms with Crippen LogP contribution in [0.25, 0.3) is 0 Å². The van der Waals surface area contributed by atoms with E-state index in [1.807, 2.05) is 28.8 Å². The third-order valence-corrected chi connectivity index (χ3v) is 5.11. The lowest BCUT2D eigenvalue weighted by Gasteiger charge is -2.36. The van der Waals surface area contributed by atoms with Crippen LogP contribution in [0.15, 0.2) is 36.7 Å². The van der Waals surface area contributed by atoms with Gasteiger partial charge in [0.1, 0.15) is 11.9 Å². The van der Waals surface area contributed by atoms with Crippen LogP contribution in [-0.4, -0.2) is 63.4 Å². The number of aromatic nitrogens is 2. The fourth-order valence-electron chi connectivity index (χ4n) is 3.64. The molecular weight excluding hydrogens is 360 g/mol. The van der Waals surface area contributed by atoms with Gasteiger partial charge in [0.25, 0.3) is 5.91 Å². The summed E-state index contributed by atoms with van der Waals surface area (Å²) in [5, 5.41) is 5.82. The van der Waals surface area contributed by atoms with Gasteiger partial charge in [-0.2, -0.15) is 0 Å². The number of carbonyl (C=O) groups excluding carboxylic acids is 3. The number of nitrogens with one attached hydrogen (secondary N) is 2.